The third-order valence-electron chi connectivity index (χ3n) is 4.19. The lowest BCUT2D eigenvalue weighted by atomic mass is 10.1. The number of nitrogens with two attached hydrogens (primary N) is 1. The topological polar surface area (TPSA) is 51.4 Å². The molecule has 2 fully saturated rings. The van der Waals surface area contributed by atoms with Gasteiger partial charge in [0.2, 0.25) is 5.88 Å². The van der Waals surface area contributed by atoms with Gasteiger partial charge < -0.3 is 15.4 Å². The molecule has 2 N–H and O–H groups in total. The minimum absolute atomic E-state index is 0.355. The maximum absolute atomic E-state index is 5.99. The zero-order chi connectivity index (χ0) is 14.9. The monoisotopic (exact) mass is 307 g/mol. The number of pyridine rings is 1. The number of anilines is 2. The highest BCUT2D eigenvalue weighted by atomic mass is 32.2. The molecule has 0 atom stereocenters. The standard InChI is InChI=1S/C16H25N3OS/c1-16(2)7-8-19(9-10-21-16)14-6-5-13(17)15(18-14)20-11-12-3-4-12/h5-6,12H,3-4,7-11,17H2,1-2H3. The first-order chi connectivity index (χ1) is 10.0. The Morgan fingerprint density at radius 3 is 2.95 bits per heavy atom. The summed E-state index contributed by atoms with van der Waals surface area (Å²) in [4.78, 5) is 7.01. The van der Waals surface area contributed by atoms with Gasteiger partial charge in [-0.25, -0.2) is 0 Å². The normalized spacial score (nSPS) is 21.9. The smallest absolute Gasteiger partial charge is 0.239 e. The second kappa shape index (κ2) is 5.95. The van der Waals surface area contributed by atoms with Crippen molar-refractivity contribution in [3.63, 3.8) is 0 Å². The minimum Gasteiger partial charge on any atom is -0.476 e. The quantitative estimate of drug-likeness (QED) is 0.926. The van der Waals surface area contributed by atoms with E-state index >= 15 is 0 Å². The summed E-state index contributed by atoms with van der Waals surface area (Å²) in [7, 11) is 0. The van der Waals surface area contributed by atoms with Gasteiger partial charge in [0.05, 0.1) is 12.3 Å². The van der Waals surface area contributed by atoms with Crippen LogP contribution in [-0.2, 0) is 0 Å². The summed E-state index contributed by atoms with van der Waals surface area (Å²) in [6.07, 6.45) is 3.72. The Kier molecular flexibility index (Phi) is 4.20. The van der Waals surface area contributed by atoms with Crippen LogP contribution in [0.3, 0.4) is 0 Å². The molecule has 0 bridgehead atoms. The predicted molar refractivity (Wildman–Crippen MR) is 90.2 cm³/mol. The van der Waals surface area contributed by atoms with Crippen molar-refractivity contribution in [3.05, 3.63) is 12.1 Å². The first-order valence-electron chi connectivity index (χ1n) is 7.82. The van der Waals surface area contributed by atoms with E-state index < -0.39 is 0 Å². The van der Waals surface area contributed by atoms with E-state index in [-0.39, 0.29) is 0 Å². The molecule has 1 saturated carbocycles. The van der Waals surface area contributed by atoms with Gasteiger partial charge >= 0.3 is 0 Å². The fourth-order valence-corrected chi connectivity index (χ4v) is 3.56. The Labute approximate surface area is 131 Å². The van der Waals surface area contributed by atoms with Crippen molar-refractivity contribution in [2.24, 2.45) is 5.92 Å². The summed E-state index contributed by atoms with van der Waals surface area (Å²) in [5, 5.41) is 0. The van der Waals surface area contributed by atoms with Crippen molar-refractivity contribution in [2.45, 2.75) is 37.9 Å². The lowest BCUT2D eigenvalue weighted by molar-refractivity contribution is 0.290. The molecule has 3 rings (SSSR count). The molecule has 2 aliphatic rings. The van der Waals surface area contributed by atoms with Crippen LogP contribution in [-0.4, -0.2) is 35.2 Å². The van der Waals surface area contributed by atoms with Crippen molar-refractivity contribution < 1.29 is 4.74 Å². The van der Waals surface area contributed by atoms with E-state index in [0.29, 0.717) is 22.2 Å². The lowest BCUT2D eigenvalue weighted by Crippen LogP contribution is -2.27. The lowest BCUT2D eigenvalue weighted by Gasteiger charge is -2.24. The Morgan fingerprint density at radius 2 is 2.19 bits per heavy atom. The van der Waals surface area contributed by atoms with Crippen LogP contribution in [0.4, 0.5) is 11.5 Å². The molecule has 0 amide bonds. The van der Waals surface area contributed by atoms with Gasteiger partial charge in [0, 0.05) is 23.6 Å². The van der Waals surface area contributed by atoms with E-state index in [2.05, 4.69) is 23.7 Å². The summed E-state index contributed by atoms with van der Waals surface area (Å²) >= 11 is 2.04. The Balaban J connectivity index is 1.70. The number of hydrogen-bond acceptors (Lipinski definition) is 5. The molecule has 1 aromatic heterocycles. The number of hydrogen-bond donors (Lipinski definition) is 1. The second-order valence-electron chi connectivity index (χ2n) is 6.66. The molecule has 1 aliphatic carbocycles. The molecule has 21 heavy (non-hydrogen) atoms. The van der Waals surface area contributed by atoms with Crippen molar-refractivity contribution in [1.82, 2.24) is 4.98 Å². The van der Waals surface area contributed by atoms with E-state index in [1.54, 1.807) is 0 Å². The second-order valence-corrected chi connectivity index (χ2v) is 8.47. The molecule has 4 nitrogen and oxygen atoms in total. The van der Waals surface area contributed by atoms with Crippen molar-refractivity contribution in [1.29, 1.82) is 0 Å². The fraction of sp³-hybridized carbons (Fsp3) is 0.688. The highest BCUT2D eigenvalue weighted by Crippen LogP contribution is 2.34. The summed E-state index contributed by atoms with van der Waals surface area (Å²) in [5.74, 6) is 3.45. The van der Waals surface area contributed by atoms with Crippen LogP contribution in [0.25, 0.3) is 0 Å². The first kappa shape index (κ1) is 14.8. The molecule has 0 unspecified atom stereocenters. The van der Waals surface area contributed by atoms with Gasteiger partial charge in [0.25, 0.3) is 0 Å². The number of nitrogens with zero attached hydrogens (tertiary/aromatic N) is 2. The molecular weight excluding hydrogens is 282 g/mol. The van der Waals surface area contributed by atoms with Gasteiger partial charge in [-0.2, -0.15) is 16.7 Å². The molecule has 1 aliphatic heterocycles. The summed E-state index contributed by atoms with van der Waals surface area (Å²) in [6.45, 7) is 7.47. The summed E-state index contributed by atoms with van der Waals surface area (Å²) < 4.78 is 6.15. The molecule has 1 aromatic rings. The molecule has 2 heterocycles. The van der Waals surface area contributed by atoms with Crippen LogP contribution >= 0.6 is 11.8 Å². The summed E-state index contributed by atoms with van der Waals surface area (Å²) in [5.41, 5.74) is 6.63. The van der Waals surface area contributed by atoms with Gasteiger partial charge in [-0.3, -0.25) is 0 Å². The molecule has 1 saturated heterocycles. The zero-order valence-electron chi connectivity index (χ0n) is 13.0. The third kappa shape index (κ3) is 3.96. The van der Waals surface area contributed by atoms with Crippen LogP contribution in [0, 0.1) is 5.92 Å². The van der Waals surface area contributed by atoms with Crippen LogP contribution in [0.15, 0.2) is 12.1 Å². The van der Waals surface area contributed by atoms with Gasteiger partial charge in [0.1, 0.15) is 5.82 Å². The SMILES string of the molecule is CC1(C)CCN(c2ccc(N)c(OCC3CC3)n2)CCS1. The Bertz CT molecular complexity index is 502. The highest BCUT2D eigenvalue weighted by Gasteiger charge is 2.25. The molecule has 116 valence electrons. The minimum atomic E-state index is 0.355. The van der Waals surface area contributed by atoms with E-state index in [0.717, 1.165) is 31.3 Å². The van der Waals surface area contributed by atoms with Gasteiger partial charge in [-0.1, -0.05) is 13.8 Å². The highest BCUT2D eigenvalue weighted by molar-refractivity contribution is 8.00. The number of aromatic nitrogens is 1. The average molecular weight is 307 g/mol. The molecule has 0 spiro atoms. The first-order valence-corrected chi connectivity index (χ1v) is 8.80. The largest absolute Gasteiger partial charge is 0.476 e. The molecule has 0 radical (unpaired) electrons. The number of nitrogen functional groups attached to an aromatic ring is 1. The number of thioether (sulfide) groups is 1. The van der Waals surface area contributed by atoms with Crippen molar-refractivity contribution in [2.75, 3.05) is 36.1 Å². The average Bonchev–Trinajstić information content (AvgIpc) is 3.26. The molecular formula is C16H25N3OS. The van der Waals surface area contributed by atoms with Crippen LogP contribution in [0.1, 0.15) is 33.1 Å². The van der Waals surface area contributed by atoms with E-state index in [9.17, 15) is 0 Å². The van der Waals surface area contributed by atoms with Crippen molar-refractivity contribution in [3.8, 4) is 5.88 Å². The van der Waals surface area contributed by atoms with Crippen molar-refractivity contribution >= 4 is 23.3 Å². The van der Waals surface area contributed by atoms with E-state index in [4.69, 9.17) is 10.5 Å². The number of rotatable bonds is 4. The number of ether oxygens (including phenoxy) is 1. The van der Waals surface area contributed by atoms with Gasteiger partial charge in [-0.15, -0.1) is 0 Å². The Morgan fingerprint density at radius 1 is 1.38 bits per heavy atom. The maximum atomic E-state index is 5.99. The molecule has 5 heteroatoms. The van der Waals surface area contributed by atoms with Crippen LogP contribution < -0.4 is 15.4 Å². The van der Waals surface area contributed by atoms with Gasteiger partial charge in [0.15, 0.2) is 0 Å². The van der Waals surface area contributed by atoms with Crippen LogP contribution in [0.2, 0.25) is 0 Å². The summed E-state index contributed by atoms with van der Waals surface area (Å²) in [6, 6.07) is 3.94. The van der Waals surface area contributed by atoms with E-state index in [1.165, 1.54) is 19.3 Å². The maximum Gasteiger partial charge on any atom is 0.239 e. The zero-order valence-corrected chi connectivity index (χ0v) is 13.8. The van der Waals surface area contributed by atoms with Gasteiger partial charge in [-0.05, 0) is 37.3 Å². The van der Waals surface area contributed by atoms with Crippen LogP contribution in [0.5, 0.6) is 5.88 Å². The van der Waals surface area contributed by atoms with E-state index in [1.807, 2.05) is 23.9 Å². The Hall–Kier alpha value is -1.10. The molecule has 0 aromatic carbocycles. The fourth-order valence-electron chi connectivity index (χ4n) is 2.46. The third-order valence-corrected chi connectivity index (χ3v) is 5.56. The predicted octanol–water partition coefficient (Wildman–Crippen LogP) is 3.17.